The first-order valence-electron chi connectivity index (χ1n) is 16.6. The smallest absolute Gasteiger partial charge is 0.254 e. The lowest BCUT2D eigenvalue weighted by Gasteiger charge is -2.39. The average Bonchev–Trinajstić information content (AvgIpc) is 3.75. The maximum absolute atomic E-state index is 15.1. The van der Waals surface area contributed by atoms with E-state index in [0.29, 0.717) is 55.3 Å². The number of carbonyl (C=O) groups is 3. The van der Waals surface area contributed by atoms with Crippen molar-refractivity contribution in [1.82, 2.24) is 9.80 Å². The van der Waals surface area contributed by atoms with Crippen LogP contribution in [0, 0.1) is 17.7 Å². The maximum Gasteiger partial charge on any atom is 0.254 e. The van der Waals surface area contributed by atoms with Crippen LogP contribution in [0.1, 0.15) is 67.1 Å². The van der Waals surface area contributed by atoms with Gasteiger partial charge >= 0.3 is 0 Å². The fraction of sp³-hybridized carbons (Fsp3) is 0.432. The molecule has 3 aromatic carbocycles. The molecule has 4 aliphatic rings. The molecule has 3 atom stereocenters. The lowest BCUT2D eigenvalue weighted by Crippen LogP contribution is -2.57. The van der Waals surface area contributed by atoms with Gasteiger partial charge in [0.25, 0.3) is 5.91 Å². The Morgan fingerprint density at radius 3 is 2.30 bits per heavy atom. The Bertz CT molecular complexity index is 1640. The number of hydrogen-bond acceptors (Lipinski definition) is 6. The summed E-state index contributed by atoms with van der Waals surface area (Å²) >= 11 is 0. The van der Waals surface area contributed by atoms with Gasteiger partial charge in [0.05, 0.1) is 31.0 Å². The molecule has 1 saturated heterocycles. The third-order valence-electron chi connectivity index (χ3n) is 9.60. The van der Waals surface area contributed by atoms with E-state index in [-0.39, 0.29) is 43.0 Å². The Balaban J connectivity index is 1.36. The van der Waals surface area contributed by atoms with Crippen molar-refractivity contribution >= 4 is 23.4 Å². The monoisotopic (exact) mass is 641 g/mol. The topological polar surface area (TPSA) is 88.6 Å². The highest BCUT2D eigenvalue weighted by Gasteiger charge is 2.51. The van der Waals surface area contributed by atoms with Gasteiger partial charge in [0.2, 0.25) is 18.6 Å². The minimum atomic E-state index is -0.698. The summed E-state index contributed by atoms with van der Waals surface area (Å²) in [6.45, 7) is 5.24. The lowest BCUT2D eigenvalue weighted by atomic mass is 9.98. The Kier molecular flexibility index (Phi) is 8.61. The fourth-order valence-corrected chi connectivity index (χ4v) is 7.18. The van der Waals surface area contributed by atoms with Crippen molar-refractivity contribution in [2.24, 2.45) is 11.8 Å². The van der Waals surface area contributed by atoms with Gasteiger partial charge in [0.15, 0.2) is 11.5 Å². The molecule has 0 N–H and O–H groups in total. The quantitative estimate of drug-likeness (QED) is 0.328. The summed E-state index contributed by atoms with van der Waals surface area (Å²) in [5.41, 5.74) is 2.69. The number of nitrogens with zero attached hydrogens (tertiary/aromatic N) is 3. The number of carbonyl (C=O) groups excluding carboxylic acids is 3. The highest BCUT2D eigenvalue weighted by atomic mass is 19.1. The molecule has 0 aromatic heterocycles. The molecule has 246 valence electrons. The van der Waals surface area contributed by atoms with E-state index < -0.39 is 23.9 Å². The van der Waals surface area contributed by atoms with Gasteiger partial charge in [-0.2, -0.15) is 0 Å². The van der Waals surface area contributed by atoms with Gasteiger partial charge in [-0.25, -0.2) is 4.39 Å². The van der Waals surface area contributed by atoms with E-state index in [0.717, 1.165) is 24.0 Å². The van der Waals surface area contributed by atoms with Gasteiger partial charge in [-0.3, -0.25) is 14.4 Å². The number of benzene rings is 3. The van der Waals surface area contributed by atoms with Crippen molar-refractivity contribution in [3.8, 4) is 11.5 Å². The van der Waals surface area contributed by atoms with Crippen molar-refractivity contribution in [2.75, 3.05) is 31.4 Å². The second kappa shape index (κ2) is 13.0. The molecule has 9 nitrogen and oxygen atoms in total. The summed E-state index contributed by atoms with van der Waals surface area (Å²) in [5.74, 6) is -0.0435. The predicted molar refractivity (Wildman–Crippen MR) is 172 cm³/mol. The lowest BCUT2D eigenvalue weighted by molar-refractivity contribution is -0.142. The van der Waals surface area contributed by atoms with Gasteiger partial charge in [-0.15, -0.1) is 0 Å². The summed E-state index contributed by atoms with van der Waals surface area (Å²) in [4.78, 5) is 48.6. The Morgan fingerprint density at radius 2 is 1.62 bits per heavy atom. The molecule has 47 heavy (non-hydrogen) atoms. The molecule has 3 heterocycles. The highest BCUT2D eigenvalue weighted by Crippen LogP contribution is 2.50. The van der Waals surface area contributed by atoms with E-state index in [1.165, 1.54) is 24.3 Å². The second-order valence-corrected chi connectivity index (χ2v) is 13.2. The number of fused-ring (bicyclic) bond motifs is 6. The molecule has 7 rings (SSSR count). The molecule has 10 heteroatoms. The fourth-order valence-electron chi connectivity index (χ4n) is 7.18. The standard InChI is InChI=1S/C37H40FN3O6/c1-23(2)33-37(44)41-29-19-32-31(46-22-47-32)18-28(29)34(30(41)21-45-20-24-8-4-3-5-9-24)40(36(43)26-12-14-27(38)15-13-26)17-7-6-16-39(33)35(42)25-10-11-25/h3-5,8-9,12-15,18-19,23,25,30,33-34H,6-7,10-11,16-17,20-22H2,1-2H3/t30-,33+,34+/m1/s1. The molecular weight excluding hydrogens is 601 g/mol. The molecule has 3 aromatic rings. The molecule has 0 spiro atoms. The van der Waals surface area contributed by atoms with Crippen LogP contribution in [0.4, 0.5) is 10.1 Å². The first-order valence-corrected chi connectivity index (χ1v) is 16.6. The van der Waals surface area contributed by atoms with Crippen LogP contribution in [0.2, 0.25) is 0 Å². The summed E-state index contributed by atoms with van der Waals surface area (Å²) in [5, 5.41) is 0. The third kappa shape index (κ3) is 6.06. The van der Waals surface area contributed by atoms with E-state index in [9.17, 15) is 14.0 Å². The second-order valence-electron chi connectivity index (χ2n) is 13.2. The normalized spacial score (nSPS) is 22.3. The van der Waals surface area contributed by atoms with E-state index >= 15 is 4.79 Å². The number of rotatable bonds is 7. The van der Waals surface area contributed by atoms with Crippen LogP contribution in [-0.2, 0) is 20.9 Å². The Hall–Kier alpha value is -4.44. The summed E-state index contributed by atoms with van der Waals surface area (Å²) in [6.07, 6.45) is 2.90. The van der Waals surface area contributed by atoms with Gasteiger partial charge in [0, 0.05) is 36.2 Å². The largest absolute Gasteiger partial charge is 0.454 e. The average molecular weight is 642 g/mol. The van der Waals surface area contributed by atoms with Crippen LogP contribution in [-0.4, -0.2) is 66.1 Å². The molecule has 0 radical (unpaired) electrons. The van der Waals surface area contributed by atoms with Crippen LogP contribution in [0.5, 0.6) is 11.5 Å². The van der Waals surface area contributed by atoms with E-state index in [4.69, 9.17) is 14.2 Å². The maximum atomic E-state index is 15.1. The first kappa shape index (κ1) is 31.2. The minimum Gasteiger partial charge on any atom is -0.454 e. The van der Waals surface area contributed by atoms with Gasteiger partial charge in [-0.05, 0) is 67.5 Å². The molecule has 0 unspecified atom stereocenters. The number of anilines is 1. The molecule has 1 saturated carbocycles. The van der Waals surface area contributed by atoms with Crippen LogP contribution < -0.4 is 14.4 Å². The number of amides is 3. The zero-order valence-corrected chi connectivity index (χ0v) is 26.8. The molecule has 2 bridgehead atoms. The van der Waals surface area contributed by atoms with Crippen molar-refractivity contribution in [3.63, 3.8) is 0 Å². The van der Waals surface area contributed by atoms with E-state index in [1.807, 2.05) is 56.3 Å². The van der Waals surface area contributed by atoms with Crippen molar-refractivity contribution in [1.29, 1.82) is 0 Å². The van der Waals surface area contributed by atoms with Crippen LogP contribution in [0.25, 0.3) is 0 Å². The van der Waals surface area contributed by atoms with E-state index in [2.05, 4.69) is 0 Å². The van der Waals surface area contributed by atoms with Gasteiger partial charge in [-0.1, -0.05) is 44.2 Å². The highest BCUT2D eigenvalue weighted by molar-refractivity contribution is 6.03. The molecule has 2 fully saturated rings. The number of ether oxygens (including phenoxy) is 3. The minimum absolute atomic E-state index is 0.0223. The Morgan fingerprint density at radius 1 is 0.936 bits per heavy atom. The predicted octanol–water partition coefficient (Wildman–Crippen LogP) is 5.73. The first-order chi connectivity index (χ1) is 22.8. The van der Waals surface area contributed by atoms with Gasteiger partial charge < -0.3 is 28.9 Å². The zero-order valence-electron chi connectivity index (χ0n) is 26.8. The van der Waals surface area contributed by atoms with Crippen molar-refractivity contribution in [2.45, 2.75) is 64.3 Å². The number of hydrogen-bond donors (Lipinski definition) is 0. The third-order valence-corrected chi connectivity index (χ3v) is 9.60. The number of halogens is 1. The van der Waals surface area contributed by atoms with Crippen molar-refractivity contribution < 1.29 is 33.0 Å². The van der Waals surface area contributed by atoms with Gasteiger partial charge in [0.1, 0.15) is 11.9 Å². The SMILES string of the molecule is CC(C)[C@H]1C(=O)N2c3cc4c(cc3[C@@H]([C@H]2COCc2ccccc2)N(C(=O)c2ccc(F)cc2)CCCCN1C(=O)C1CC1)OCO4. The van der Waals surface area contributed by atoms with Crippen LogP contribution in [0.15, 0.2) is 66.7 Å². The van der Waals surface area contributed by atoms with E-state index in [1.54, 1.807) is 14.7 Å². The Labute approximate surface area is 274 Å². The molecule has 1 aliphatic carbocycles. The summed E-state index contributed by atoms with van der Waals surface area (Å²) in [7, 11) is 0. The molecule has 3 aliphatic heterocycles. The summed E-state index contributed by atoms with van der Waals surface area (Å²) in [6, 6.07) is 17.1. The van der Waals surface area contributed by atoms with Crippen molar-refractivity contribution in [3.05, 3.63) is 89.2 Å². The molecule has 3 amide bonds. The zero-order chi connectivity index (χ0) is 32.7. The van der Waals surface area contributed by atoms with Crippen LogP contribution >= 0.6 is 0 Å². The van der Waals surface area contributed by atoms with Crippen LogP contribution in [0.3, 0.4) is 0 Å². The summed E-state index contributed by atoms with van der Waals surface area (Å²) < 4.78 is 31.9. The molecular formula is C37H40FN3O6.